The van der Waals surface area contributed by atoms with Crippen LogP contribution in [-0.2, 0) is 0 Å². The van der Waals surface area contributed by atoms with Gasteiger partial charge in [0.25, 0.3) is 0 Å². The van der Waals surface area contributed by atoms with Gasteiger partial charge in [-0.3, -0.25) is 0 Å². The van der Waals surface area contributed by atoms with E-state index in [9.17, 15) is 0 Å². The van der Waals surface area contributed by atoms with Crippen molar-refractivity contribution in [2.45, 2.75) is 42.9 Å². The molecular weight excluding hydrogens is 218 g/mol. The Morgan fingerprint density at radius 3 is 2.62 bits per heavy atom. The predicted molar refractivity (Wildman–Crippen MR) is 70.8 cm³/mol. The lowest BCUT2D eigenvalue weighted by Crippen LogP contribution is -2.42. The molecule has 1 aromatic carbocycles. The minimum absolute atomic E-state index is 0.0334. The summed E-state index contributed by atoms with van der Waals surface area (Å²) in [6, 6.07) is 8.34. The van der Waals surface area contributed by atoms with Crippen molar-refractivity contribution in [3.8, 4) is 0 Å². The third kappa shape index (κ3) is 4.16. The molecule has 90 valence electrons. The first kappa shape index (κ1) is 13.6. The first-order chi connectivity index (χ1) is 7.44. The number of thioether (sulfide) groups is 1. The summed E-state index contributed by atoms with van der Waals surface area (Å²) in [5, 5.41) is 9.54. The van der Waals surface area contributed by atoms with Gasteiger partial charge in [0.15, 0.2) is 0 Å². The zero-order valence-corrected chi connectivity index (χ0v) is 11.1. The fourth-order valence-corrected chi connectivity index (χ4v) is 2.98. The molecule has 2 unspecified atom stereocenters. The number of nitrogens with two attached hydrogens (primary N) is 1. The molecule has 0 bridgehead atoms. The van der Waals surface area contributed by atoms with Gasteiger partial charge in [-0.25, -0.2) is 0 Å². The molecule has 0 aromatic heterocycles. The molecule has 0 spiro atoms. The van der Waals surface area contributed by atoms with Crippen LogP contribution in [0.1, 0.15) is 25.8 Å². The van der Waals surface area contributed by atoms with Crippen LogP contribution in [0.5, 0.6) is 0 Å². The molecule has 0 amide bonds. The van der Waals surface area contributed by atoms with Crippen molar-refractivity contribution in [1.82, 2.24) is 0 Å². The highest BCUT2D eigenvalue weighted by atomic mass is 32.2. The number of aryl methyl sites for hydroxylation is 1. The third-order valence-electron chi connectivity index (χ3n) is 2.54. The third-order valence-corrected chi connectivity index (χ3v) is 3.82. The van der Waals surface area contributed by atoms with Gasteiger partial charge in [0.2, 0.25) is 0 Å². The topological polar surface area (TPSA) is 46.2 Å². The minimum Gasteiger partial charge on any atom is -0.394 e. The van der Waals surface area contributed by atoms with E-state index in [0.29, 0.717) is 5.25 Å². The normalized spacial score (nSPS) is 16.8. The van der Waals surface area contributed by atoms with Gasteiger partial charge in [-0.15, -0.1) is 11.8 Å². The van der Waals surface area contributed by atoms with E-state index in [1.807, 2.05) is 24.8 Å². The predicted octanol–water partition coefficient (Wildman–Crippen LogP) is 2.58. The number of hydrogen-bond donors (Lipinski definition) is 2. The summed E-state index contributed by atoms with van der Waals surface area (Å²) in [6.45, 7) is 6.19. The fourth-order valence-electron chi connectivity index (χ4n) is 1.67. The smallest absolute Gasteiger partial charge is 0.0608 e. The van der Waals surface area contributed by atoms with Crippen LogP contribution in [0.3, 0.4) is 0 Å². The van der Waals surface area contributed by atoms with Crippen molar-refractivity contribution in [2.75, 3.05) is 6.61 Å². The molecule has 0 aliphatic heterocycles. The summed E-state index contributed by atoms with van der Waals surface area (Å²) >= 11 is 1.82. The molecule has 16 heavy (non-hydrogen) atoms. The van der Waals surface area contributed by atoms with Crippen LogP contribution in [0.4, 0.5) is 0 Å². The molecule has 2 nitrogen and oxygen atoms in total. The average molecular weight is 239 g/mol. The van der Waals surface area contributed by atoms with Crippen molar-refractivity contribution in [2.24, 2.45) is 5.73 Å². The zero-order chi connectivity index (χ0) is 12.2. The molecule has 0 heterocycles. The van der Waals surface area contributed by atoms with E-state index >= 15 is 0 Å². The van der Waals surface area contributed by atoms with E-state index in [1.54, 1.807) is 0 Å². The maximum atomic E-state index is 9.13. The highest BCUT2D eigenvalue weighted by molar-refractivity contribution is 8.00. The van der Waals surface area contributed by atoms with Gasteiger partial charge in [0, 0.05) is 15.7 Å². The first-order valence-electron chi connectivity index (χ1n) is 5.56. The van der Waals surface area contributed by atoms with Crippen LogP contribution in [-0.4, -0.2) is 22.5 Å². The van der Waals surface area contributed by atoms with Crippen LogP contribution >= 0.6 is 11.8 Å². The molecular formula is C13H21NOS. The van der Waals surface area contributed by atoms with Gasteiger partial charge < -0.3 is 10.8 Å². The highest BCUT2D eigenvalue weighted by Crippen LogP contribution is 2.29. The molecule has 3 N–H and O–H groups in total. The number of rotatable bonds is 5. The standard InChI is InChI=1S/C13H21NOS/c1-10-6-4-5-7-12(10)16-11(2)8-13(3,14)9-15/h4-7,11,15H,8-9,14H2,1-3H3. The molecule has 0 aliphatic rings. The van der Waals surface area contributed by atoms with E-state index in [4.69, 9.17) is 10.8 Å². The quantitative estimate of drug-likeness (QED) is 0.776. The second-order valence-electron chi connectivity index (χ2n) is 4.71. The maximum absolute atomic E-state index is 9.13. The second-order valence-corrected chi connectivity index (χ2v) is 6.19. The Morgan fingerprint density at radius 2 is 2.06 bits per heavy atom. The SMILES string of the molecule is Cc1ccccc1SC(C)CC(C)(N)CO. The van der Waals surface area contributed by atoms with Crippen LogP contribution in [0.2, 0.25) is 0 Å². The van der Waals surface area contributed by atoms with Crippen molar-refractivity contribution in [3.05, 3.63) is 29.8 Å². The molecule has 1 rings (SSSR count). The fraction of sp³-hybridized carbons (Fsp3) is 0.538. The van der Waals surface area contributed by atoms with E-state index in [0.717, 1.165) is 6.42 Å². The Hall–Kier alpha value is -0.510. The van der Waals surface area contributed by atoms with Crippen molar-refractivity contribution in [3.63, 3.8) is 0 Å². The van der Waals surface area contributed by atoms with Gasteiger partial charge in [-0.2, -0.15) is 0 Å². The van der Waals surface area contributed by atoms with Crippen LogP contribution < -0.4 is 5.73 Å². The van der Waals surface area contributed by atoms with Crippen molar-refractivity contribution in [1.29, 1.82) is 0 Å². The number of hydrogen-bond acceptors (Lipinski definition) is 3. The van der Waals surface area contributed by atoms with Crippen molar-refractivity contribution >= 4 is 11.8 Å². The molecule has 0 saturated carbocycles. The Balaban J connectivity index is 2.58. The second kappa shape index (κ2) is 5.71. The van der Waals surface area contributed by atoms with E-state index < -0.39 is 5.54 Å². The summed E-state index contributed by atoms with van der Waals surface area (Å²) in [7, 11) is 0. The van der Waals surface area contributed by atoms with Gasteiger partial charge in [0.1, 0.15) is 0 Å². The number of benzene rings is 1. The Morgan fingerprint density at radius 1 is 1.44 bits per heavy atom. The van der Waals surface area contributed by atoms with E-state index in [-0.39, 0.29) is 6.61 Å². The van der Waals surface area contributed by atoms with E-state index in [2.05, 4.69) is 32.0 Å². The lowest BCUT2D eigenvalue weighted by molar-refractivity contribution is 0.201. The molecule has 0 fully saturated rings. The van der Waals surface area contributed by atoms with Gasteiger partial charge >= 0.3 is 0 Å². The highest BCUT2D eigenvalue weighted by Gasteiger charge is 2.21. The lowest BCUT2D eigenvalue weighted by Gasteiger charge is -2.25. The molecule has 0 aliphatic carbocycles. The van der Waals surface area contributed by atoms with Crippen LogP contribution in [0.25, 0.3) is 0 Å². The maximum Gasteiger partial charge on any atom is 0.0608 e. The van der Waals surface area contributed by atoms with Gasteiger partial charge in [-0.1, -0.05) is 25.1 Å². The summed E-state index contributed by atoms with van der Waals surface area (Å²) in [6.07, 6.45) is 0.808. The summed E-state index contributed by atoms with van der Waals surface area (Å²) in [5.74, 6) is 0. The Labute approximate surface area is 102 Å². The largest absolute Gasteiger partial charge is 0.394 e. The lowest BCUT2D eigenvalue weighted by atomic mass is 9.99. The number of aliphatic hydroxyl groups excluding tert-OH is 1. The Bertz CT molecular complexity index is 338. The van der Waals surface area contributed by atoms with Gasteiger partial charge in [-0.05, 0) is 31.9 Å². The summed E-state index contributed by atoms with van der Waals surface area (Å²) in [4.78, 5) is 1.30. The first-order valence-corrected chi connectivity index (χ1v) is 6.44. The van der Waals surface area contributed by atoms with Gasteiger partial charge in [0.05, 0.1) is 6.61 Å². The summed E-state index contributed by atoms with van der Waals surface area (Å²) in [5.41, 5.74) is 6.76. The summed E-state index contributed by atoms with van der Waals surface area (Å²) < 4.78 is 0. The van der Waals surface area contributed by atoms with Crippen molar-refractivity contribution < 1.29 is 5.11 Å². The average Bonchev–Trinajstić information content (AvgIpc) is 2.21. The minimum atomic E-state index is -0.477. The molecule has 3 heteroatoms. The molecule has 1 aromatic rings. The molecule has 0 saturated heterocycles. The van der Waals surface area contributed by atoms with E-state index in [1.165, 1.54) is 10.5 Å². The molecule has 0 radical (unpaired) electrons. The molecule has 2 atom stereocenters. The van der Waals surface area contributed by atoms with Crippen LogP contribution in [0, 0.1) is 6.92 Å². The van der Waals surface area contributed by atoms with Crippen LogP contribution in [0.15, 0.2) is 29.2 Å². The number of aliphatic hydroxyl groups is 1. The zero-order valence-electron chi connectivity index (χ0n) is 10.2. The Kier molecular flexibility index (Phi) is 4.84. The monoisotopic (exact) mass is 239 g/mol.